The molecule has 2 saturated heterocycles. The van der Waals surface area contributed by atoms with E-state index in [0.717, 1.165) is 128 Å². The number of amides is 1. The number of hydrogen-bond donors (Lipinski definition) is 6. The van der Waals surface area contributed by atoms with Crippen molar-refractivity contribution < 1.29 is 56.1 Å². The molecule has 2 saturated carbocycles. The first-order chi connectivity index (χ1) is 39.4. The van der Waals surface area contributed by atoms with Crippen molar-refractivity contribution in [3.05, 3.63) is 77.0 Å². The molecule has 0 unspecified atom stereocenters. The summed E-state index contributed by atoms with van der Waals surface area (Å²) in [6, 6.07) is 8.79. The number of benzene rings is 2. The number of carbonyl (C=O) groups excluding carboxylic acids is 1. The maximum absolute atomic E-state index is 13.5. The maximum Gasteiger partial charge on any atom is 0.586 e. The van der Waals surface area contributed by atoms with Crippen LogP contribution in [0.25, 0.3) is 22.4 Å². The van der Waals surface area contributed by atoms with E-state index in [1.54, 1.807) is 18.3 Å². The normalized spacial score (nSPS) is 20.6. The lowest BCUT2D eigenvalue weighted by atomic mass is 9.74. The number of hydrogen-bond acceptors (Lipinski definition) is 17. The van der Waals surface area contributed by atoms with Gasteiger partial charge in [0.05, 0.1) is 15.9 Å². The smallest absolute Gasteiger partial charge is 0.444 e. The SMILES string of the molecule is Cc1nc(N2CCC3(CCC[C@H]3N)CC2)n2ccnc2c1-c1ccc2c(c1)OC(F)(F)O2.Cc1nc(N2CCC3(CCC[C@H]3NC(=O)OC(C)(C)C)CC2)n2ccnc2c1Br.N/N=N/N=N/N=N/N.OB(O)c1ccc2c(c1)OC(F)(F)O2. The number of imidazole rings is 2. The van der Waals surface area contributed by atoms with E-state index >= 15 is 0 Å². The molecule has 9 N–H and O–H groups in total. The van der Waals surface area contributed by atoms with Crippen molar-refractivity contribution in [1.82, 2.24) is 34.1 Å². The number of aryl methyl sites for hydroxylation is 2. The molecule has 2 aliphatic carbocycles. The minimum Gasteiger partial charge on any atom is -0.444 e. The third kappa shape index (κ3) is 13.4. The van der Waals surface area contributed by atoms with Gasteiger partial charge in [0.15, 0.2) is 28.6 Å². The van der Waals surface area contributed by atoms with Gasteiger partial charge in [-0.25, -0.2) is 24.7 Å². The molecule has 4 aromatic heterocycles. The molecule has 32 heteroatoms. The van der Waals surface area contributed by atoms with E-state index in [2.05, 4.69) is 107 Å². The molecule has 8 heterocycles. The summed E-state index contributed by atoms with van der Waals surface area (Å²) < 4.78 is 79.8. The van der Waals surface area contributed by atoms with Gasteiger partial charge in [0.25, 0.3) is 0 Å². The topological polar surface area (TPSA) is 335 Å². The number of halogens is 5. The highest BCUT2D eigenvalue weighted by molar-refractivity contribution is 9.10. The van der Waals surface area contributed by atoms with Gasteiger partial charge in [-0.2, -0.15) is 0 Å². The number of fused-ring (bicyclic) bond motifs is 4. The summed E-state index contributed by atoms with van der Waals surface area (Å²) in [6.45, 7) is 13.3. The van der Waals surface area contributed by atoms with Crippen LogP contribution in [0.1, 0.15) is 96.4 Å². The van der Waals surface area contributed by atoms with Crippen LogP contribution in [-0.2, 0) is 4.74 Å². The van der Waals surface area contributed by atoms with E-state index in [1.807, 2.05) is 57.6 Å². The molecular formula is C51H64BBrF4N18O8. The standard InChI is InChI=1S/C23H25F2N5O2.C21H30BrN5O2.C7H5BF2O4.H4N8/c1-14-19(15-4-5-16-17(13-15)32-23(24,25)31-16)20-27-9-12-30(20)21(28-14)29-10-7-22(8-11-29)6-2-3-18(22)26;1-14-16(22)17-23-10-13-27(17)18(24-14)26-11-8-21(9-12-26)7-5-6-15(21)25-19(28)29-20(2,3)4;9-7(10)13-5-2-1-4(8(11)12)3-6(5)14-7;1-3-5-7-8-6-4-2/h4-5,9,12-13,18H,2-3,6-8,10-11,26H2,1H3;10,13,15H,5-9,11-12H2,1-4H3,(H,25,28);1-3,11-12H;(H2,1,4,5,8)(H2,2,3,6,7)/t18-;15-;;/m11../s1. The number of piperidine rings is 2. The number of alkyl halides is 4. The first-order valence-electron chi connectivity index (χ1n) is 26.8. The molecule has 4 fully saturated rings. The third-order valence-electron chi connectivity index (χ3n) is 15.6. The number of nitrogens with two attached hydrogens (primary N) is 3. The quantitative estimate of drug-likeness (QED) is 0.0288. The van der Waals surface area contributed by atoms with Gasteiger partial charge in [0.2, 0.25) is 11.9 Å². The molecule has 444 valence electrons. The van der Waals surface area contributed by atoms with Crippen molar-refractivity contribution in [2.45, 2.75) is 129 Å². The Bertz CT molecular complexity index is 3370. The Hall–Kier alpha value is -7.71. The Morgan fingerprint density at radius 3 is 1.78 bits per heavy atom. The molecule has 12 rings (SSSR count). The molecule has 83 heavy (non-hydrogen) atoms. The second-order valence-electron chi connectivity index (χ2n) is 21.9. The van der Waals surface area contributed by atoms with Crippen LogP contribution in [0.2, 0.25) is 0 Å². The van der Waals surface area contributed by atoms with Crippen LogP contribution >= 0.6 is 15.9 Å². The van der Waals surface area contributed by atoms with Crippen molar-refractivity contribution >= 4 is 57.8 Å². The Balaban J connectivity index is 0.000000148. The zero-order valence-electron chi connectivity index (χ0n) is 46.1. The summed E-state index contributed by atoms with van der Waals surface area (Å²) >= 11 is 3.60. The van der Waals surface area contributed by atoms with Gasteiger partial charge in [-0.15, -0.1) is 17.6 Å². The molecule has 1 amide bonds. The van der Waals surface area contributed by atoms with Gasteiger partial charge in [-0.3, -0.25) is 8.80 Å². The molecule has 0 bridgehead atoms. The van der Waals surface area contributed by atoms with Crippen molar-refractivity contribution in [2.75, 3.05) is 36.0 Å². The van der Waals surface area contributed by atoms with E-state index < -0.39 is 25.3 Å². The summed E-state index contributed by atoms with van der Waals surface area (Å²) in [5, 5.41) is 37.7. The predicted octanol–water partition coefficient (Wildman–Crippen LogP) is 8.20. The van der Waals surface area contributed by atoms with E-state index in [0.29, 0.717) is 11.6 Å². The van der Waals surface area contributed by atoms with E-state index in [9.17, 15) is 22.4 Å². The molecule has 2 atom stereocenters. The summed E-state index contributed by atoms with van der Waals surface area (Å²) in [7, 11) is -1.72. The molecule has 6 aromatic rings. The fraction of sp³-hybridized carbons (Fsp3) is 0.510. The summed E-state index contributed by atoms with van der Waals surface area (Å²) in [6.07, 6.45) is 10.9. The predicted molar refractivity (Wildman–Crippen MR) is 297 cm³/mol. The molecule has 0 radical (unpaired) electrons. The second-order valence-corrected chi connectivity index (χ2v) is 22.7. The van der Waals surface area contributed by atoms with E-state index in [4.69, 9.17) is 30.5 Å². The Morgan fingerprint density at radius 1 is 0.723 bits per heavy atom. The average Bonchev–Trinajstić information content (AvgIpc) is 4.46. The highest BCUT2D eigenvalue weighted by atomic mass is 79.9. The van der Waals surface area contributed by atoms with Crippen molar-refractivity contribution in [1.29, 1.82) is 0 Å². The molecule has 2 aromatic carbocycles. The average molecular weight is 1220 g/mol. The van der Waals surface area contributed by atoms with Crippen LogP contribution in [-0.4, -0.2) is 108 Å². The number of rotatable bonds is 7. The van der Waals surface area contributed by atoms with Crippen molar-refractivity contribution in [3.8, 4) is 34.1 Å². The number of nitrogens with one attached hydrogen (secondary N) is 1. The van der Waals surface area contributed by atoms with Gasteiger partial charge in [-0.1, -0.05) is 35.4 Å². The minimum atomic E-state index is -3.68. The molecule has 26 nitrogen and oxygen atoms in total. The highest BCUT2D eigenvalue weighted by Gasteiger charge is 2.48. The maximum atomic E-state index is 13.5. The lowest BCUT2D eigenvalue weighted by molar-refractivity contribution is -0.287. The monoisotopic (exact) mass is 1220 g/mol. The number of ether oxygens (including phenoxy) is 5. The first-order valence-corrected chi connectivity index (χ1v) is 27.6. The third-order valence-corrected chi connectivity index (χ3v) is 16.6. The van der Waals surface area contributed by atoms with Crippen LogP contribution < -0.4 is 56.9 Å². The summed E-state index contributed by atoms with van der Waals surface area (Å²) in [5.74, 6) is 10.5. The molecule has 2 spiro atoms. The number of carbonyl (C=O) groups is 1. The fourth-order valence-electron chi connectivity index (χ4n) is 11.7. The largest absolute Gasteiger partial charge is 0.586 e. The molecule has 6 aliphatic rings. The van der Waals surface area contributed by atoms with E-state index in [-0.39, 0.29) is 51.4 Å². The second kappa shape index (κ2) is 24.2. The summed E-state index contributed by atoms with van der Waals surface area (Å²) in [5.41, 5.74) is 11.3. The zero-order chi connectivity index (χ0) is 59.5. The van der Waals surface area contributed by atoms with Gasteiger partial charge >= 0.3 is 25.8 Å². The summed E-state index contributed by atoms with van der Waals surface area (Å²) in [4.78, 5) is 35.8. The number of aromatic nitrogens is 6. The number of nitrogens with zero attached hydrogens (tertiary/aromatic N) is 14. The zero-order valence-corrected chi connectivity index (χ0v) is 47.7. The van der Waals surface area contributed by atoms with E-state index in [1.165, 1.54) is 31.0 Å². The fourth-order valence-corrected chi connectivity index (χ4v) is 12.1. The van der Waals surface area contributed by atoms with Gasteiger partial charge in [0, 0.05) is 68.6 Å². The highest BCUT2D eigenvalue weighted by Crippen LogP contribution is 2.49. The minimum absolute atomic E-state index is 0.00918. The van der Waals surface area contributed by atoms with Gasteiger partial charge < -0.3 is 66.3 Å². The van der Waals surface area contributed by atoms with Crippen LogP contribution in [0.4, 0.5) is 34.3 Å². The number of alkyl carbamates (subject to hydrolysis) is 1. The van der Waals surface area contributed by atoms with Crippen LogP contribution in [0, 0.1) is 24.7 Å². The molecule has 4 aliphatic heterocycles. The van der Waals surface area contributed by atoms with Crippen LogP contribution in [0.15, 0.2) is 97.0 Å². The van der Waals surface area contributed by atoms with Crippen molar-refractivity contribution in [3.63, 3.8) is 0 Å². The molecular weight excluding hydrogens is 1160 g/mol. The van der Waals surface area contributed by atoms with Gasteiger partial charge in [-0.05, 0) is 169 Å². The van der Waals surface area contributed by atoms with Crippen LogP contribution in [0.5, 0.6) is 23.0 Å². The van der Waals surface area contributed by atoms with Crippen LogP contribution in [0.3, 0.4) is 0 Å². The Labute approximate surface area is 482 Å². The van der Waals surface area contributed by atoms with Gasteiger partial charge in [0.1, 0.15) is 11.2 Å². The Kier molecular flexibility index (Phi) is 17.5. The van der Waals surface area contributed by atoms with Crippen molar-refractivity contribution in [2.24, 2.45) is 59.6 Å². The lowest BCUT2D eigenvalue weighted by Crippen LogP contribution is -2.51. The number of anilines is 2. The Morgan fingerprint density at radius 2 is 1.23 bits per heavy atom. The lowest BCUT2D eigenvalue weighted by Gasteiger charge is -2.43. The first kappa shape index (κ1) is 59.9.